The first-order valence-corrected chi connectivity index (χ1v) is 8.36. The molecule has 4 nitrogen and oxygen atoms in total. The molecule has 0 aliphatic rings. The van der Waals surface area contributed by atoms with Gasteiger partial charge in [-0.25, -0.2) is 0 Å². The zero-order valence-corrected chi connectivity index (χ0v) is 15.0. The quantitative estimate of drug-likeness (QED) is 0.607. The van der Waals surface area contributed by atoms with Crippen LogP contribution in [0.25, 0.3) is 0 Å². The topological polar surface area (TPSA) is 24.9 Å². The molecule has 0 radical (unpaired) electrons. The molecule has 0 amide bonds. The molecule has 0 heterocycles. The molecule has 0 saturated carbocycles. The number of methoxy groups -OCH3 is 2. The summed E-state index contributed by atoms with van der Waals surface area (Å²) in [6.45, 7) is 10.5. The first-order valence-electron chi connectivity index (χ1n) is 8.36. The van der Waals surface area contributed by atoms with Gasteiger partial charge < -0.3 is 19.3 Å². The molecule has 2 atom stereocenters. The van der Waals surface area contributed by atoms with Crippen LogP contribution in [-0.4, -0.2) is 39.8 Å². The first-order chi connectivity index (χ1) is 10.7. The lowest BCUT2D eigenvalue weighted by molar-refractivity contribution is 0.0933. The van der Waals surface area contributed by atoms with Crippen LogP contribution in [0, 0.1) is 0 Å². The van der Waals surface area contributed by atoms with E-state index < -0.39 is 0 Å². The van der Waals surface area contributed by atoms with Crippen molar-refractivity contribution in [2.45, 2.75) is 53.0 Å². The Morgan fingerprint density at radius 2 is 1.14 bits per heavy atom. The molecular formula is C18H32N2O2. The molecule has 0 aliphatic carbocycles. The molecule has 2 unspecified atom stereocenters. The summed E-state index contributed by atoms with van der Waals surface area (Å²) in [5.41, 5.74) is 2.41. The molecule has 0 aromatic heterocycles. The third-order valence-corrected chi connectivity index (χ3v) is 4.12. The Hall–Kier alpha value is -1.26. The Labute approximate surface area is 136 Å². The maximum Gasteiger partial charge on any atom is 0.129 e. The molecule has 126 valence electrons. The minimum absolute atomic E-state index is 0.0903. The number of rotatable bonds is 10. The monoisotopic (exact) mass is 308 g/mol. The molecule has 0 N–H and O–H groups in total. The highest BCUT2D eigenvalue weighted by Crippen LogP contribution is 2.33. The summed E-state index contributed by atoms with van der Waals surface area (Å²) in [7, 11) is 3.56. The second-order valence-electron chi connectivity index (χ2n) is 5.26. The standard InChI is InChI=1S/C18H32N2O2/c1-7-17(21-5)19(9-3)15-13-11-12-14-16(15)20(10-4)18(8-2)22-6/h11-14,17-18H,7-10H2,1-6H3. The minimum atomic E-state index is 0.0903. The fourth-order valence-corrected chi connectivity index (χ4v) is 3.04. The van der Waals surface area contributed by atoms with Gasteiger partial charge in [-0.3, -0.25) is 0 Å². The number of nitrogens with zero attached hydrogens (tertiary/aromatic N) is 2. The van der Waals surface area contributed by atoms with E-state index in [0.717, 1.165) is 25.9 Å². The number of anilines is 2. The number of hydrogen-bond acceptors (Lipinski definition) is 4. The highest BCUT2D eigenvalue weighted by molar-refractivity contribution is 5.71. The molecule has 0 bridgehead atoms. The molecule has 0 spiro atoms. The van der Waals surface area contributed by atoms with E-state index in [0.29, 0.717) is 0 Å². The molecule has 1 aromatic carbocycles. The molecule has 22 heavy (non-hydrogen) atoms. The van der Waals surface area contributed by atoms with Crippen molar-refractivity contribution in [3.05, 3.63) is 24.3 Å². The highest BCUT2D eigenvalue weighted by atomic mass is 16.5. The third kappa shape index (κ3) is 4.14. The molecule has 1 aromatic rings. The lowest BCUT2D eigenvalue weighted by Crippen LogP contribution is -2.40. The summed E-state index contributed by atoms with van der Waals surface area (Å²) >= 11 is 0. The third-order valence-electron chi connectivity index (χ3n) is 4.12. The van der Waals surface area contributed by atoms with Gasteiger partial charge in [0.25, 0.3) is 0 Å². The van der Waals surface area contributed by atoms with Crippen LogP contribution in [0.2, 0.25) is 0 Å². The number of para-hydroxylation sites is 2. The van der Waals surface area contributed by atoms with Crippen molar-refractivity contribution in [2.24, 2.45) is 0 Å². The molecular weight excluding hydrogens is 276 g/mol. The normalized spacial score (nSPS) is 13.7. The van der Waals surface area contributed by atoms with Gasteiger partial charge in [-0.1, -0.05) is 26.0 Å². The van der Waals surface area contributed by atoms with Crippen LogP contribution in [0.4, 0.5) is 11.4 Å². The van der Waals surface area contributed by atoms with Crippen LogP contribution in [-0.2, 0) is 9.47 Å². The lowest BCUT2D eigenvalue weighted by atomic mass is 10.2. The van der Waals surface area contributed by atoms with Crippen molar-refractivity contribution in [2.75, 3.05) is 37.1 Å². The van der Waals surface area contributed by atoms with Crippen LogP contribution in [0.3, 0.4) is 0 Å². The maximum absolute atomic E-state index is 5.66. The molecule has 0 fully saturated rings. The van der Waals surface area contributed by atoms with Crippen LogP contribution >= 0.6 is 0 Å². The van der Waals surface area contributed by atoms with E-state index in [1.807, 2.05) is 0 Å². The van der Waals surface area contributed by atoms with E-state index in [-0.39, 0.29) is 12.5 Å². The lowest BCUT2D eigenvalue weighted by Gasteiger charge is -2.37. The number of hydrogen-bond donors (Lipinski definition) is 0. The highest BCUT2D eigenvalue weighted by Gasteiger charge is 2.23. The van der Waals surface area contributed by atoms with Crippen LogP contribution in [0.15, 0.2) is 24.3 Å². The first kappa shape index (κ1) is 18.8. The summed E-state index contributed by atoms with van der Waals surface area (Å²) in [5, 5.41) is 0. The van der Waals surface area contributed by atoms with Crippen molar-refractivity contribution in [1.29, 1.82) is 0 Å². The zero-order chi connectivity index (χ0) is 16.5. The second-order valence-corrected chi connectivity index (χ2v) is 5.26. The van der Waals surface area contributed by atoms with Gasteiger partial charge in [-0.15, -0.1) is 0 Å². The summed E-state index contributed by atoms with van der Waals surface area (Å²) in [5.74, 6) is 0. The van der Waals surface area contributed by atoms with E-state index in [1.165, 1.54) is 11.4 Å². The Kier molecular flexibility index (Phi) is 8.28. The predicted octanol–water partition coefficient (Wildman–Crippen LogP) is 4.10. The van der Waals surface area contributed by atoms with Gasteiger partial charge in [0.05, 0.1) is 11.4 Å². The molecule has 0 saturated heterocycles. The molecule has 1 rings (SSSR count). The Morgan fingerprint density at radius 1 is 0.773 bits per heavy atom. The fourth-order valence-electron chi connectivity index (χ4n) is 3.04. The van der Waals surface area contributed by atoms with E-state index in [9.17, 15) is 0 Å². The SMILES string of the molecule is CCC(OC)N(CC)c1ccccc1N(CC)C(CC)OC. The summed E-state index contributed by atoms with van der Waals surface area (Å²) in [4.78, 5) is 4.64. The predicted molar refractivity (Wildman–Crippen MR) is 94.7 cm³/mol. The van der Waals surface area contributed by atoms with Crippen LogP contribution < -0.4 is 9.80 Å². The van der Waals surface area contributed by atoms with Crippen molar-refractivity contribution in [3.8, 4) is 0 Å². The Balaban J connectivity index is 3.26. The molecule has 4 heteroatoms. The number of benzene rings is 1. The van der Waals surface area contributed by atoms with E-state index in [2.05, 4.69) is 61.8 Å². The van der Waals surface area contributed by atoms with Gasteiger partial charge in [0.15, 0.2) is 0 Å². The average Bonchev–Trinajstić information content (AvgIpc) is 2.57. The summed E-state index contributed by atoms with van der Waals surface area (Å²) < 4.78 is 11.3. The Bertz CT molecular complexity index is 378. The summed E-state index contributed by atoms with van der Waals surface area (Å²) in [6.07, 6.45) is 2.08. The van der Waals surface area contributed by atoms with Crippen molar-refractivity contribution >= 4 is 11.4 Å². The van der Waals surface area contributed by atoms with Gasteiger partial charge in [-0.05, 0) is 38.8 Å². The van der Waals surface area contributed by atoms with Crippen molar-refractivity contribution in [3.63, 3.8) is 0 Å². The molecule has 0 aliphatic heterocycles. The van der Waals surface area contributed by atoms with E-state index in [4.69, 9.17) is 9.47 Å². The van der Waals surface area contributed by atoms with Crippen LogP contribution in [0.5, 0.6) is 0 Å². The Morgan fingerprint density at radius 3 is 1.36 bits per heavy atom. The van der Waals surface area contributed by atoms with Crippen molar-refractivity contribution < 1.29 is 9.47 Å². The van der Waals surface area contributed by atoms with Gasteiger partial charge in [0, 0.05) is 27.3 Å². The maximum atomic E-state index is 5.66. The minimum Gasteiger partial charge on any atom is -0.362 e. The zero-order valence-electron chi connectivity index (χ0n) is 15.0. The fraction of sp³-hybridized carbons (Fsp3) is 0.667. The van der Waals surface area contributed by atoms with Gasteiger partial charge in [0.2, 0.25) is 0 Å². The second kappa shape index (κ2) is 9.70. The van der Waals surface area contributed by atoms with Crippen LogP contribution in [0.1, 0.15) is 40.5 Å². The smallest absolute Gasteiger partial charge is 0.129 e. The van der Waals surface area contributed by atoms with Gasteiger partial charge in [-0.2, -0.15) is 0 Å². The van der Waals surface area contributed by atoms with Gasteiger partial charge in [0.1, 0.15) is 12.5 Å². The van der Waals surface area contributed by atoms with Crippen molar-refractivity contribution in [1.82, 2.24) is 0 Å². The number of ether oxygens (including phenoxy) is 2. The average molecular weight is 308 g/mol. The van der Waals surface area contributed by atoms with Gasteiger partial charge >= 0.3 is 0 Å². The largest absolute Gasteiger partial charge is 0.362 e. The van der Waals surface area contributed by atoms with E-state index >= 15 is 0 Å². The summed E-state index contributed by atoms with van der Waals surface area (Å²) in [6, 6.07) is 8.52. The van der Waals surface area contributed by atoms with E-state index in [1.54, 1.807) is 14.2 Å².